The molecule has 2 N–H and O–H groups in total. The SMILES string of the molecule is Cc1ccc(C(=O)NCC(C)CC(=O)O)s1. The van der Waals surface area contributed by atoms with Crippen LogP contribution >= 0.6 is 11.3 Å². The van der Waals surface area contributed by atoms with Gasteiger partial charge in [-0.1, -0.05) is 6.92 Å². The maximum atomic E-state index is 11.6. The van der Waals surface area contributed by atoms with E-state index in [9.17, 15) is 9.59 Å². The summed E-state index contributed by atoms with van der Waals surface area (Å²) < 4.78 is 0. The van der Waals surface area contributed by atoms with Crippen molar-refractivity contribution in [2.24, 2.45) is 5.92 Å². The quantitative estimate of drug-likeness (QED) is 0.827. The Bertz CT molecular complexity index is 386. The molecule has 1 aromatic rings. The minimum absolute atomic E-state index is 0.0532. The summed E-state index contributed by atoms with van der Waals surface area (Å²) in [5, 5.41) is 11.3. The van der Waals surface area contributed by atoms with E-state index < -0.39 is 5.97 Å². The molecule has 0 bridgehead atoms. The summed E-state index contributed by atoms with van der Waals surface area (Å²) >= 11 is 1.43. The number of carbonyl (C=O) groups excluding carboxylic acids is 1. The van der Waals surface area contributed by atoms with Gasteiger partial charge in [-0.3, -0.25) is 9.59 Å². The molecular weight excluding hydrogens is 226 g/mol. The normalized spacial score (nSPS) is 12.1. The van der Waals surface area contributed by atoms with Crippen molar-refractivity contribution in [1.82, 2.24) is 5.32 Å². The summed E-state index contributed by atoms with van der Waals surface area (Å²) in [4.78, 5) is 23.8. The number of aliphatic carboxylic acids is 1. The first kappa shape index (κ1) is 12.7. The highest BCUT2D eigenvalue weighted by atomic mass is 32.1. The van der Waals surface area contributed by atoms with Crippen molar-refractivity contribution in [3.63, 3.8) is 0 Å². The molecule has 0 fully saturated rings. The molecule has 1 atom stereocenters. The number of rotatable bonds is 5. The van der Waals surface area contributed by atoms with Crippen molar-refractivity contribution < 1.29 is 14.7 Å². The zero-order valence-corrected chi connectivity index (χ0v) is 10.1. The second kappa shape index (κ2) is 5.65. The van der Waals surface area contributed by atoms with Crippen LogP contribution in [0.15, 0.2) is 12.1 Å². The molecular formula is C11H15NO3S. The van der Waals surface area contributed by atoms with Crippen molar-refractivity contribution >= 4 is 23.2 Å². The molecule has 0 aromatic carbocycles. The molecule has 5 heteroatoms. The second-order valence-corrected chi connectivity index (χ2v) is 5.11. The highest BCUT2D eigenvalue weighted by Gasteiger charge is 2.11. The Balaban J connectivity index is 2.38. The number of hydrogen-bond acceptors (Lipinski definition) is 3. The molecule has 1 heterocycles. The fraction of sp³-hybridized carbons (Fsp3) is 0.455. The van der Waals surface area contributed by atoms with Gasteiger partial charge in [-0.15, -0.1) is 11.3 Å². The second-order valence-electron chi connectivity index (χ2n) is 3.82. The van der Waals surface area contributed by atoms with Gasteiger partial charge in [0.25, 0.3) is 5.91 Å². The van der Waals surface area contributed by atoms with Crippen LogP contribution < -0.4 is 5.32 Å². The highest BCUT2D eigenvalue weighted by molar-refractivity contribution is 7.13. The summed E-state index contributed by atoms with van der Waals surface area (Å²) in [5.74, 6) is -1.02. The number of carboxylic acids is 1. The highest BCUT2D eigenvalue weighted by Crippen LogP contribution is 2.14. The molecule has 0 saturated heterocycles. The van der Waals surface area contributed by atoms with Gasteiger partial charge < -0.3 is 10.4 Å². The molecule has 1 amide bonds. The Kier molecular flexibility index (Phi) is 4.49. The predicted molar refractivity (Wildman–Crippen MR) is 62.8 cm³/mol. The van der Waals surface area contributed by atoms with Gasteiger partial charge in [0.15, 0.2) is 0 Å². The Hall–Kier alpha value is -1.36. The lowest BCUT2D eigenvalue weighted by atomic mass is 10.1. The van der Waals surface area contributed by atoms with Gasteiger partial charge in [0.1, 0.15) is 0 Å². The minimum atomic E-state index is -0.839. The van der Waals surface area contributed by atoms with E-state index >= 15 is 0 Å². The van der Waals surface area contributed by atoms with Gasteiger partial charge in [0, 0.05) is 17.8 Å². The monoisotopic (exact) mass is 241 g/mol. The van der Waals surface area contributed by atoms with Crippen LogP contribution in [0.1, 0.15) is 27.9 Å². The minimum Gasteiger partial charge on any atom is -0.481 e. The first-order valence-corrected chi connectivity index (χ1v) is 5.87. The van der Waals surface area contributed by atoms with E-state index in [0.29, 0.717) is 11.4 Å². The van der Waals surface area contributed by atoms with Gasteiger partial charge in [0.2, 0.25) is 0 Å². The van der Waals surface area contributed by atoms with Crippen LogP contribution in [-0.4, -0.2) is 23.5 Å². The van der Waals surface area contributed by atoms with Crippen LogP contribution in [-0.2, 0) is 4.79 Å². The third-order valence-corrected chi connectivity index (χ3v) is 3.10. The molecule has 88 valence electrons. The largest absolute Gasteiger partial charge is 0.481 e. The lowest BCUT2D eigenvalue weighted by Gasteiger charge is -2.09. The van der Waals surface area contributed by atoms with Crippen LogP contribution in [0, 0.1) is 12.8 Å². The molecule has 0 spiro atoms. The summed E-state index contributed by atoms with van der Waals surface area (Å²) in [6.45, 7) is 4.13. The number of carbonyl (C=O) groups is 2. The molecule has 1 unspecified atom stereocenters. The number of aryl methyl sites for hydroxylation is 1. The van der Waals surface area contributed by atoms with Crippen molar-refractivity contribution in [3.05, 3.63) is 21.9 Å². The summed E-state index contributed by atoms with van der Waals surface area (Å²) in [6, 6.07) is 3.66. The molecule has 16 heavy (non-hydrogen) atoms. The number of hydrogen-bond donors (Lipinski definition) is 2. The summed E-state index contributed by atoms with van der Waals surface area (Å²) in [5.41, 5.74) is 0. The number of carboxylic acid groups (broad SMARTS) is 1. The van der Waals surface area contributed by atoms with Crippen LogP contribution in [0.25, 0.3) is 0 Å². The van der Waals surface area contributed by atoms with Gasteiger partial charge in [0.05, 0.1) is 4.88 Å². The van der Waals surface area contributed by atoms with Crippen LogP contribution in [0.2, 0.25) is 0 Å². The van der Waals surface area contributed by atoms with E-state index in [1.165, 1.54) is 11.3 Å². The Labute approximate surface area is 98.3 Å². The van der Waals surface area contributed by atoms with E-state index in [4.69, 9.17) is 5.11 Å². The van der Waals surface area contributed by atoms with Crippen molar-refractivity contribution in [1.29, 1.82) is 0 Å². The average molecular weight is 241 g/mol. The summed E-state index contributed by atoms with van der Waals surface area (Å²) in [6.07, 6.45) is 0.0732. The molecule has 1 aromatic heterocycles. The van der Waals surface area contributed by atoms with Crippen LogP contribution in [0.5, 0.6) is 0 Å². The molecule has 0 radical (unpaired) electrons. The molecule has 0 saturated carbocycles. The molecule has 0 aliphatic heterocycles. The fourth-order valence-corrected chi connectivity index (χ4v) is 2.06. The topological polar surface area (TPSA) is 66.4 Å². The molecule has 4 nitrogen and oxygen atoms in total. The van der Waals surface area contributed by atoms with E-state index in [2.05, 4.69) is 5.32 Å². The van der Waals surface area contributed by atoms with E-state index in [0.717, 1.165) is 4.88 Å². The van der Waals surface area contributed by atoms with Gasteiger partial charge >= 0.3 is 5.97 Å². The standard InChI is InChI=1S/C11H15NO3S/c1-7(5-10(13)14)6-12-11(15)9-4-3-8(2)16-9/h3-4,7H,5-6H2,1-2H3,(H,12,15)(H,13,14). The van der Waals surface area contributed by atoms with E-state index in [-0.39, 0.29) is 18.2 Å². The maximum Gasteiger partial charge on any atom is 0.303 e. The lowest BCUT2D eigenvalue weighted by Crippen LogP contribution is -2.28. The number of amides is 1. The molecule has 0 aliphatic carbocycles. The van der Waals surface area contributed by atoms with Gasteiger partial charge in [-0.2, -0.15) is 0 Å². The van der Waals surface area contributed by atoms with Crippen LogP contribution in [0.3, 0.4) is 0 Å². The Morgan fingerprint density at radius 2 is 2.19 bits per heavy atom. The van der Waals surface area contributed by atoms with E-state index in [1.807, 2.05) is 13.0 Å². The number of thiophene rings is 1. The van der Waals surface area contributed by atoms with E-state index in [1.54, 1.807) is 13.0 Å². The van der Waals surface area contributed by atoms with Crippen LogP contribution in [0.4, 0.5) is 0 Å². The number of nitrogens with one attached hydrogen (secondary N) is 1. The van der Waals surface area contributed by atoms with Crippen molar-refractivity contribution in [3.8, 4) is 0 Å². The molecule has 1 rings (SSSR count). The van der Waals surface area contributed by atoms with Crippen molar-refractivity contribution in [2.45, 2.75) is 20.3 Å². The first-order chi connectivity index (χ1) is 7.49. The third-order valence-electron chi connectivity index (χ3n) is 2.10. The zero-order valence-electron chi connectivity index (χ0n) is 9.32. The summed E-state index contributed by atoms with van der Waals surface area (Å²) in [7, 11) is 0. The zero-order chi connectivity index (χ0) is 12.1. The van der Waals surface area contributed by atoms with Gasteiger partial charge in [-0.25, -0.2) is 0 Å². The first-order valence-electron chi connectivity index (χ1n) is 5.05. The Morgan fingerprint density at radius 3 is 2.69 bits per heavy atom. The third kappa shape index (κ3) is 4.02. The van der Waals surface area contributed by atoms with Gasteiger partial charge in [-0.05, 0) is 25.0 Å². The van der Waals surface area contributed by atoms with Crippen molar-refractivity contribution in [2.75, 3.05) is 6.54 Å². The average Bonchev–Trinajstić information content (AvgIpc) is 2.60. The predicted octanol–water partition coefficient (Wildman–Crippen LogP) is 1.90. The lowest BCUT2D eigenvalue weighted by molar-refractivity contribution is -0.137. The fourth-order valence-electron chi connectivity index (χ4n) is 1.28. The smallest absolute Gasteiger partial charge is 0.303 e. The molecule has 0 aliphatic rings. The Morgan fingerprint density at radius 1 is 1.50 bits per heavy atom. The maximum absolute atomic E-state index is 11.6.